The van der Waals surface area contributed by atoms with Crippen LogP contribution in [0.3, 0.4) is 0 Å². The van der Waals surface area contributed by atoms with Gasteiger partial charge in [0.25, 0.3) is 5.91 Å². The van der Waals surface area contributed by atoms with Crippen LogP contribution in [-0.4, -0.2) is 44.2 Å². The number of amides is 2. The van der Waals surface area contributed by atoms with Crippen molar-refractivity contribution in [3.63, 3.8) is 0 Å². The third-order valence-electron chi connectivity index (χ3n) is 4.82. The second kappa shape index (κ2) is 9.51. The van der Waals surface area contributed by atoms with Gasteiger partial charge in [0, 0.05) is 42.7 Å². The minimum atomic E-state index is -3.51. The summed E-state index contributed by atoms with van der Waals surface area (Å²) >= 11 is 1.44. The summed E-state index contributed by atoms with van der Waals surface area (Å²) in [4.78, 5) is 24.1. The number of hydrogen-bond acceptors (Lipinski definition) is 5. The van der Waals surface area contributed by atoms with Crippen molar-refractivity contribution in [2.24, 2.45) is 5.92 Å². The van der Waals surface area contributed by atoms with Gasteiger partial charge >= 0.3 is 0 Å². The molecule has 1 fully saturated rings. The number of thiophene rings is 1. The number of carbonyl (C=O) groups excluding carboxylic acids is 2. The van der Waals surface area contributed by atoms with Gasteiger partial charge in [0.15, 0.2) is 0 Å². The van der Waals surface area contributed by atoms with Gasteiger partial charge in [-0.25, -0.2) is 8.42 Å². The van der Waals surface area contributed by atoms with E-state index in [1.54, 1.807) is 23.6 Å². The summed E-state index contributed by atoms with van der Waals surface area (Å²) in [5, 5.41) is 8.97. The zero-order valence-corrected chi connectivity index (χ0v) is 17.9. The summed E-state index contributed by atoms with van der Waals surface area (Å²) in [7, 11) is -3.51. The number of nitrogens with zero attached hydrogens (tertiary/aromatic N) is 1. The predicted molar refractivity (Wildman–Crippen MR) is 113 cm³/mol. The molecule has 0 aliphatic carbocycles. The SMILES string of the molecule is CC1CCCN(S(=O)(=O)c2ccc(NC(=O)CCNC(=O)c3ccsc3)cc2)C1. The molecule has 1 aromatic carbocycles. The number of anilines is 1. The van der Waals surface area contributed by atoms with Crippen LogP contribution in [0.4, 0.5) is 5.69 Å². The first-order valence-electron chi connectivity index (χ1n) is 9.57. The maximum Gasteiger partial charge on any atom is 0.252 e. The first kappa shape index (κ1) is 21.5. The lowest BCUT2D eigenvalue weighted by molar-refractivity contribution is -0.116. The van der Waals surface area contributed by atoms with Crippen LogP contribution in [0.1, 0.15) is 36.5 Å². The van der Waals surface area contributed by atoms with E-state index in [1.807, 2.05) is 5.38 Å². The fourth-order valence-electron chi connectivity index (χ4n) is 3.23. The van der Waals surface area contributed by atoms with Gasteiger partial charge in [-0.3, -0.25) is 9.59 Å². The molecule has 0 saturated carbocycles. The van der Waals surface area contributed by atoms with E-state index in [4.69, 9.17) is 0 Å². The van der Waals surface area contributed by atoms with Crippen molar-refractivity contribution in [3.05, 3.63) is 46.7 Å². The van der Waals surface area contributed by atoms with Crippen LogP contribution >= 0.6 is 11.3 Å². The molecule has 1 aliphatic rings. The number of hydrogen-bond donors (Lipinski definition) is 2. The summed E-state index contributed by atoms with van der Waals surface area (Å²) in [6, 6.07) is 7.93. The number of nitrogens with one attached hydrogen (secondary N) is 2. The molecule has 1 aliphatic heterocycles. The second-order valence-corrected chi connectivity index (χ2v) is 9.92. The monoisotopic (exact) mass is 435 g/mol. The summed E-state index contributed by atoms with van der Waals surface area (Å²) in [5.74, 6) is -0.103. The maximum absolute atomic E-state index is 12.8. The van der Waals surface area contributed by atoms with Gasteiger partial charge in [0.05, 0.1) is 4.90 Å². The van der Waals surface area contributed by atoms with Crippen LogP contribution in [0.5, 0.6) is 0 Å². The van der Waals surface area contributed by atoms with Crippen LogP contribution in [-0.2, 0) is 14.8 Å². The first-order chi connectivity index (χ1) is 13.9. The second-order valence-electron chi connectivity index (χ2n) is 7.20. The molecule has 0 bridgehead atoms. The highest BCUT2D eigenvalue weighted by atomic mass is 32.2. The lowest BCUT2D eigenvalue weighted by Gasteiger charge is -2.30. The van der Waals surface area contributed by atoms with E-state index in [2.05, 4.69) is 17.6 Å². The highest BCUT2D eigenvalue weighted by Gasteiger charge is 2.28. The Morgan fingerprint density at radius 3 is 2.62 bits per heavy atom. The van der Waals surface area contributed by atoms with Gasteiger partial charge in [-0.05, 0) is 54.5 Å². The molecule has 3 rings (SSSR count). The topological polar surface area (TPSA) is 95.6 Å². The molecule has 2 amide bonds. The normalized spacial score (nSPS) is 17.6. The van der Waals surface area contributed by atoms with Crippen molar-refractivity contribution in [2.45, 2.75) is 31.1 Å². The lowest BCUT2D eigenvalue weighted by Crippen LogP contribution is -2.39. The fourth-order valence-corrected chi connectivity index (χ4v) is 5.47. The summed E-state index contributed by atoms with van der Waals surface area (Å²) < 4.78 is 27.1. The Morgan fingerprint density at radius 2 is 1.97 bits per heavy atom. The standard InChI is InChI=1S/C20H25N3O4S2/c1-15-3-2-11-23(13-15)29(26,27)18-6-4-17(5-7-18)22-19(24)8-10-21-20(25)16-9-12-28-14-16/h4-7,9,12,14-15H,2-3,8,10-11,13H2,1H3,(H,21,25)(H,22,24). The van der Waals surface area contributed by atoms with Crippen LogP contribution in [0.2, 0.25) is 0 Å². The third kappa shape index (κ3) is 5.65. The van der Waals surface area contributed by atoms with E-state index in [-0.39, 0.29) is 29.7 Å². The molecule has 2 N–H and O–H groups in total. The molecular weight excluding hydrogens is 410 g/mol. The molecule has 1 atom stereocenters. The number of sulfonamides is 1. The van der Waals surface area contributed by atoms with E-state index in [9.17, 15) is 18.0 Å². The Labute approximate surface area is 175 Å². The maximum atomic E-state index is 12.8. The van der Waals surface area contributed by atoms with E-state index >= 15 is 0 Å². The number of piperidine rings is 1. The summed E-state index contributed by atoms with van der Waals surface area (Å²) in [6.45, 7) is 3.36. The van der Waals surface area contributed by atoms with Crippen LogP contribution in [0, 0.1) is 5.92 Å². The molecule has 2 aromatic rings. The van der Waals surface area contributed by atoms with Gasteiger partial charge in [-0.2, -0.15) is 15.6 Å². The molecule has 0 spiro atoms. The molecule has 1 saturated heterocycles. The molecule has 156 valence electrons. The first-order valence-corrected chi connectivity index (χ1v) is 11.9. The van der Waals surface area contributed by atoms with E-state index in [1.165, 1.54) is 27.8 Å². The molecular formula is C20H25N3O4S2. The van der Waals surface area contributed by atoms with Crippen molar-refractivity contribution in [3.8, 4) is 0 Å². The van der Waals surface area contributed by atoms with Crippen LogP contribution < -0.4 is 10.6 Å². The number of rotatable bonds is 7. The molecule has 0 radical (unpaired) electrons. The van der Waals surface area contributed by atoms with Crippen molar-refractivity contribution < 1.29 is 18.0 Å². The average molecular weight is 436 g/mol. The Morgan fingerprint density at radius 1 is 1.21 bits per heavy atom. The molecule has 2 heterocycles. The molecule has 7 nitrogen and oxygen atoms in total. The molecule has 1 unspecified atom stereocenters. The zero-order valence-electron chi connectivity index (χ0n) is 16.3. The highest BCUT2D eigenvalue weighted by molar-refractivity contribution is 7.89. The van der Waals surface area contributed by atoms with Gasteiger partial charge in [-0.1, -0.05) is 6.92 Å². The van der Waals surface area contributed by atoms with Crippen molar-refractivity contribution in [1.82, 2.24) is 9.62 Å². The predicted octanol–water partition coefficient (Wildman–Crippen LogP) is 2.93. The summed E-state index contributed by atoms with van der Waals surface area (Å²) in [6.07, 6.45) is 2.05. The van der Waals surface area contributed by atoms with Crippen molar-refractivity contribution >= 4 is 38.9 Å². The van der Waals surface area contributed by atoms with Gasteiger partial charge in [0.1, 0.15) is 0 Å². The Balaban J connectivity index is 1.50. The zero-order chi connectivity index (χ0) is 20.9. The summed E-state index contributed by atoms with van der Waals surface area (Å²) in [5.41, 5.74) is 1.10. The van der Waals surface area contributed by atoms with E-state index in [0.717, 1.165) is 12.8 Å². The van der Waals surface area contributed by atoms with Gasteiger partial charge < -0.3 is 10.6 Å². The quantitative estimate of drug-likeness (QED) is 0.699. The van der Waals surface area contributed by atoms with E-state index < -0.39 is 10.0 Å². The smallest absolute Gasteiger partial charge is 0.252 e. The van der Waals surface area contributed by atoms with Gasteiger partial charge in [0.2, 0.25) is 15.9 Å². The van der Waals surface area contributed by atoms with Crippen LogP contribution in [0.25, 0.3) is 0 Å². The minimum Gasteiger partial charge on any atom is -0.351 e. The fraction of sp³-hybridized carbons (Fsp3) is 0.400. The van der Waals surface area contributed by atoms with E-state index in [0.29, 0.717) is 30.3 Å². The largest absolute Gasteiger partial charge is 0.351 e. The Bertz CT molecular complexity index is 941. The van der Waals surface area contributed by atoms with Gasteiger partial charge in [-0.15, -0.1) is 0 Å². The Hall–Kier alpha value is -2.23. The van der Waals surface area contributed by atoms with Crippen molar-refractivity contribution in [2.75, 3.05) is 25.0 Å². The van der Waals surface area contributed by atoms with Crippen LogP contribution in [0.15, 0.2) is 46.0 Å². The average Bonchev–Trinajstić information content (AvgIpc) is 3.23. The lowest BCUT2D eigenvalue weighted by atomic mass is 10.0. The third-order valence-corrected chi connectivity index (χ3v) is 7.38. The highest BCUT2D eigenvalue weighted by Crippen LogP contribution is 2.24. The number of benzene rings is 1. The Kier molecular flexibility index (Phi) is 7.05. The molecule has 29 heavy (non-hydrogen) atoms. The molecule has 1 aromatic heterocycles. The molecule has 9 heteroatoms. The number of carbonyl (C=O) groups is 2. The van der Waals surface area contributed by atoms with Crippen molar-refractivity contribution in [1.29, 1.82) is 0 Å². The minimum absolute atomic E-state index is 0.127.